The fraction of sp³-hybridized carbons (Fsp3) is 0.467. The molecule has 7 heteroatoms. The first kappa shape index (κ1) is 15.6. The van der Waals surface area contributed by atoms with Crippen LogP contribution in [0.1, 0.15) is 17.2 Å². The molecule has 3 rings (SSSR count). The maximum Gasteiger partial charge on any atom is 0.327 e. The van der Waals surface area contributed by atoms with E-state index in [0.717, 1.165) is 4.88 Å². The van der Waals surface area contributed by atoms with Crippen molar-refractivity contribution in [1.82, 2.24) is 4.90 Å². The number of fused-ring (bicyclic) bond motifs is 1. The van der Waals surface area contributed by atoms with Crippen molar-refractivity contribution in [3.05, 3.63) is 35.0 Å². The van der Waals surface area contributed by atoms with Crippen LogP contribution in [-0.4, -0.2) is 50.3 Å². The molecule has 0 spiro atoms. The number of β-lactam (4-membered cyclic amide) rings is 1. The van der Waals surface area contributed by atoms with Gasteiger partial charge in [-0.05, 0) is 17.9 Å². The van der Waals surface area contributed by atoms with Crippen molar-refractivity contribution in [2.75, 3.05) is 5.75 Å². The van der Waals surface area contributed by atoms with E-state index in [0.29, 0.717) is 12.2 Å². The van der Waals surface area contributed by atoms with Crippen LogP contribution in [0.25, 0.3) is 0 Å². The molecule has 118 valence electrons. The molecule has 2 saturated heterocycles. The smallest absolute Gasteiger partial charge is 0.327 e. The van der Waals surface area contributed by atoms with Gasteiger partial charge in [0.25, 0.3) is 0 Å². The van der Waals surface area contributed by atoms with E-state index < -0.39 is 24.0 Å². The van der Waals surface area contributed by atoms with E-state index in [1.165, 1.54) is 16.7 Å². The lowest BCUT2D eigenvalue weighted by molar-refractivity contribution is -0.167. The summed E-state index contributed by atoms with van der Waals surface area (Å²) in [5.41, 5.74) is 0. The van der Waals surface area contributed by atoms with Gasteiger partial charge in [-0.3, -0.25) is 4.79 Å². The molecule has 1 aromatic rings. The number of hydrogen-bond donors (Lipinski definition) is 2. The van der Waals surface area contributed by atoms with Crippen molar-refractivity contribution in [2.24, 2.45) is 5.92 Å². The van der Waals surface area contributed by atoms with Crippen LogP contribution in [0, 0.1) is 5.92 Å². The summed E-state index contributed by atoms with van der Waals surface area (Å²) in [5, 5.41) is 21.6. The third kappa shape index (κ3) is 2.37. The molecule has 0 bridgehead atoms. The van der Waals surface area contributed by atoms with Crippen molar-refractivity contribution in [2.45, 2.75) is 29.9 Å². The molecule has 0 aliphatic carbocycles. The molecule has 22 heavy (non-hydrogen) atoms. The fourth-order valence-electron chi connectivity index (χ4n) is 3.16. The third-order valence-electron chi connectivity index (χ3n) is 4.28. The number of amides is 1. The Labute approximate surface area is 136 Å². The Morgan fingerprint density at radius 3 is 2.95 bits per heavy atom. The monoisotopic (exact) mass is 339 g/mol. The van der Waals surface area contributed by atoms with Gasteiger partial charge in [0.05, 0.1) is 17.4 Å². The van der Waals surface area contributed by atoms with E-state index >= 15 is 0 Å². The number of rotatable bonds is 6. The molecule has 2 aliphatic rings. The zero-order valence-corrected chi connectivity index (χ0v) is 13.4. The average molecular weight is 339 g/mol. The highest BCUT2D eigenvalue weighted by atomic mass is 32.2. The molecular weight excluding hydrogens is 322 g/mol. The van der Waals surface area contributed by atoms with E-state index in [1.807, 2.05) is 17.5 Å². The fourth-order valence-corrected chi connectivity index (χ4v) is 5.62. The highest BCUT2D eigenvalue weighted by Crippen LogP contribution is 2.48. The molecule has 1 amide bonds. The molecule has 2 fully saturated rings. The SMILES string of the molecule is C=CC[C@H](c1cccs1)[C@H](O)C1C(=O)N2C(C(=O)O)CSC12. The van der Waals surface area contributed by atoms with Gasteiger partial charge in [0.1, 0.15) is 6.04 Å². The molecule has 3 unspecified atom stereocenters. The van der Waals surface area contributed by atoms with E-state index in [9.17, 15) is 14.7 Å². The summed E-state index contributed by atoms with van der Waals surface area (Å²) in [6.45, 7) is 3.73. The molecule has 0 radical (unpaired) electrons. The minimum atomic E-state index is -0.975. The highest BCUT2D eigenvalue weighted by molar-refractivity contribution is 8.00. The lowest BCUT2D eigenvalue weighted by Crippen LogP contribution is -2.65. The Hall–Kier alpha value is -1.31. The first-order valence-electron chi connectivity index (χ1n) is 7.05. The molecule has 5 atom stereocenters. The Balaban J connectivity index is 1.78. The standard InChI is InChI=1S/C15H17NO4S2/c1-2-4-8(10-5-3-6-21-10)12(17)11-13(18)16-9(15(19)20)7-22-14(11)16/h2-3,5-6,8-9,11-12,14,17H,1,4,7H2,(H,19,20)/t8-,9?,11?,12+,14?/m1/s1. The lowest BCUT2D eigenvalue weighted by atomic mass is 9.81. The molecule has 1 aromatic heterocycles. The van der Waals surface area contributed by atoms with Crippen molar-refractivity contribution in [1.29, 1.82) is 0 Å². The van der Waals surface area contributed by atoms with E-state index in [4.69, 9.17) is 5.11 Å². The number of hydrogen-bond acceptors (Lipinski definition) is 5. The summed E-state index contributed by atoms with van der Waals surface area (Å²) in [6.07, 6.45) is 1.52. The van der Waals surface area contributed by atoms with Gasteiger partial charge in [-0.1, -0.05) is 12.1 Å². The van der Waals surface area contributed by atoms with Gasteiger partial charge in [0.15, 0.2) is 0 Å². The third-order valence-corrected chi connectivity index (χ3v) is 6.65. The summed E-state index contributed by atoms with van der Waals surface area (Å²) in [7, 11) is 0. The number of nitrogens with zero attached hydrogens (tertiary/aromatic N) is 1. The predicted molar refractivity (Wildman–Crippen MR) is 85.9 cm³/mol. The zero-order chi connectivity index (χ0) is 15.9. The van der Waals surface area contributed by atoms with Crippen LogP contribution in [0.2, 0.25) is 0 Å². The minimum absolute atomic E-state index is 0.168. The molecule has 2 aliphatic heterocycles. The van der Waals surface area contributed by atoms with E-state index in [1.54, 1.807) is 17.4 Å². The normalized spacial score (nSPS) is 29.6. The summed E-state index contributed by atoms with van der Waals surface area (Å²) in [6, 6.07) is 3.11. The Bertz CT molecular complexity index is 588. The molecule has 5 nitrogen and oxygen atoms in total. The van der Waals surface area contributed by atoms with Crippen LogP contribution in [0.4, 0.5) is 0 Å². The van der Waals surface area contributed by atoms with Crippen LogP contribution in [0.5, 0.6) is 0 Å². The van der Waals surface area contributed by atoms with E-state index in [-0.39, 0.29) is 17.2 Å². The number of aliphatic hydroxyl groups excluding tert-OH is 1. The number of carbonyl (C=O) groups excluding carboxylic acids is 1. The van der Waals surface area contributed by atoms with Gasteiger partial charge in [-0.2, -0.15) is 0 Å². The second kappa shape index (κ2) is 6.06. The van der Waals surface area contributed by atoms with Gasteiger partial charge in [-0.25, -0.2) is 4.79 Å². The molecule has 2 N–H and O–H groups in total. The summed E-state index contributed by atoms with van der Waals surface area (Å²) >= 11 is 2.99. The molecular formula is C15H17NO4S2. The van der Waals surface area contributed by atoms with Gasteiger partial charge in [0, 0.05) is 16.5 Å². The van der Waals surface area contributed by atoms with Crippen LogP contribution >= 0.6 is 23.1 Å². The maximum atomic E-state index is 12.3. The highest BCUT2D eigenvalue weighted by Gasteiger charge is 2.59. The number of thiophene rings is 1. The zero-order valence-electron chi connectivity index (χ0n) is 11.8. The Morgan fingerprint density at radius 2 is 2.36 bits per heavy atom. The Morgan fingerprint density at radius 1 is 1.59 bits per heavy atom. The number of aliphatic carboxylic acids is 1. The lowest BCUT2D eigenvalue weighted by Gasteiger charge is -2.46. The first-order valence-corrected chi connectivity index (χ1v) is 8.98. The van der Waals surface area contributed by atoms with Crippen molar-refractivity contribution in [3.8, 4) is 0 Å². The van der Waals surface area contributed by atoms with Crippen LogP contribution in [0.3, 0.4) is 0 Å². The van der Waals surface area contributed by atoms with E-state index in [2.05, 4.69) is 6.58 Å². The van der Waals surface area contributed by atoms with Crippen molar-refractivity contribution < 1.29 is 19.8 Å². The van der Waals surface area contributed by atoms with Gasteiger partial charge in [-0.15, -0.1) is 29.7 Å². The van der Waals surface area contributed by atoms with Crippen LogP contribution in [-0.2, 0) is 9.59 Å². The number of thioether (sulfide) groups is 1. The molecule has 3 heterocycles. The summed E-state index contributed by atoms with van der Waals surface area (Å²) in [5.74, 6) is -1.53. The number of allylic oxidation sites excluding steroid dienone is 1. The number of aliphatic hydroxyl groups is 1. The average Bonchev–Trinajstić information content (AvgIpc) is 3.11. The maximum absolute atomic E-state index is 12.3. The van der Waals surface area contributed by atoms with Crippen LogP contribution < -0.4 is 0 Å². The summed E-state index contributed by atoms with van der Waals surface area (Å²) < 4.78 is 0. The largest absolute Gasteiger partial charge is 0.480 e. The topological polar surface area (TPSA) is 77.8 Å². The quantitative estimate of drug-likeness (QED) is 0.610. The summed E-state index contributed by atoms with van der Waals surface area (Å²) in [4.78, 5) is 25.9. The predicted octanol–water partition coefficient (Wildman–Crippen LogP) is 1.75. The van der Waals surface area contributed by atoms with Crippen LogP contribution in [0.15, 0.2) is 30.2 Å². The second-order valence-electron chi connectivity index (χ2n) is 5.49. The number of carboxylic acid groups (broad SMARTS) is 1. The number of carbonyl (C=O) groups is 2. The molecule has 0 aromatic carbocycles. The minimum Gasteiger partial charge on any atom is -0.480 e. The first-order chi connectivity index (χ1) is 10.6. The van der Waals surface area contributed by atoms with Crippen molar-refractivity contribution in [3.63, 3.8) is 0 Å². The van der Waals surface area contributed by atoms with Gasteiger partial charge in [0.2, 0.25) is 5.91 Å². The molecule has 0 saturated carbocycles. The second-order valence-corrected chi connectivity index (χ2v) is 7.62. The van der Waals surface area contributed by atoms with Crippen molar-refractivity contribution >= 4 is 35.0 Å². The van der Waals surface area contributed by atoms with Gasteiger partial charge < -0.3 is 15.1 Å². The van der Waals surface area contributed by atoms with Gasteiger partial charge >= 0.3 is 5.97 Å². The number of carboxylic acids is 1. The Kier molecular flexibility index (Phi) is 4.29.